The molecular weight excluding hydrogens is 222 g/mol. The van der Waals surface area contributed by atoms with Crippen LogP contribution >= 0.6 is 12.2 Å². The van der Waals surface area contributed by atoms with Gasteiger partial charge in [0, 0.05) is 25.4 Å². The van der Waals surface area contributed by atoms with Gasteiger partial charge in [-0.1, -0.05) is 12.2 Å². The zero-order valence-corrected chi connectivity index (χ0v) is 10.4. The number of aliphatic hydroxyl groups excluding tert-OH is 1. The predicted octanol–water partition coefficient (Wildman–Crippen LogP) is 0.923. The van der Waals surface area contributed by atoms with E-state index in [1.165, 1.54) is 0 Å². The zero-order chi connectivity index (χ0) is 12.1. The van der Waals surface area contributed by atoms with E-state index in [-0.39, 0.29) is 6.10 Å². The van der Waals surface area contributed by atoms with Gasteiger partial charge >= 0.3 is 0 Å². The number of nitrogens with two attached hydrogens (primary N) is 1. The molecule has 0 aliphatic carbocycles. The van der Waals surface area contributed by atoms with E-state index >= 15 is 0 Å². The van der Waals surface area contributed by atoms with Crippen LogP contribution in [0.4, 0.5) is 5.82 Å². The Labute approximate surface area is 101 Å². The Morgan fingerprint density at radius 2 is 2.38 bits per heavy atom. The molecule has 1 heterocycles. The summed E-state index contributed by atoms with van der Waals surface area (Å²) in [4.78, 5) is 6.56. The highest BCUT2D eigenvalue weighted by atomic mass is 32.1. The Bertz CT molecular complexity index is 368. The van der Waals surface area contributed by atoms with Crippen molar-refractivity contribution in [3.05, 3.63) is 23.9 Å². The van der Waals surface area contributed by atoms with Crippen LogP contribution in [0.5, 0.6) is 0 Å². The molecular formula is C11H17N3OS. The van der Waals surface area contributed by atoms with Gasteiger partial charge in [-0.15, -0.1) is 0 Å². The summed E-state index contributed by atoms with van der Waals surface area (Å²) >= 11 is 4.91. The Hall–Kier alpha value is -1.20. The van der Waals surface area contributed by atoms with Crippen molar-refractivity contribution in [3.63, 3.8) is 0 Å². The number of aromatic nitrogens is 1. The zero-order valence-electron chi connectivity index (χ0n) is 9.55. The summed E-state index contributed by atoms with van der Waals surface area (Å²) in [7, 11) is 1.92. The number of rotatable bonds is 5. The first-order valence-corrected chi connectivity index (χ1v) is 5.56. The molecule has 0 fully saturated rings. The summed E-state index contributed by atoms with van der Waals surface area (Å²) < 4.78 is 0. The number of pyridine rings is 1. The average molecular weight is 239 g/mol. The normalized spacial score (nSPS) is 12.2. The third kappa shape index (κ3) is 3.75. The lowest BCUT2D eigenvalue weighted by molar-refractivity contribution is 0.187. The van der Waals surface area contributed by atoms with Crippen LogP contribution in [0, 0.1) is 0 Å². The van der Waals surface area contributed by atoms with E-state index in [1.807, 2.05) is 18.0 Å². The van der Waals surface area contributed by atoms with Crippen LogP contribution in [0.25, 0.3) is 0 Å². The molecule has 0 radical (unpaired) electrons. The summed E-state index contributed by atoms with van der Waals surface area (Å²) in [5.74, 6) is 0.811. The van der Waals surface area contributed by atoms with Gasteiger partial charge in [-0.25, -0.2) is 4.98 Å². The van der Waals surface area contributed by atoms with E-state index in [4.69, 9.17) is 18.0 Å². The van der Waals surface area contributed by atoms with Crippen LogP contribution in [-0.4, -0.2) is 34.8 Å². The van der Waals surface area contributed by atoms with Gasteiger partial charge in [0.25, 0.3) is 0 Å². The van der Waals surface area contributed by atoms with E-state index in [0.717, 1.165) is 17.9 Å². The largest absolute Gasteiger partial charge is 0.393 e. The third-order valence-electron chi connectivity index (χ3n) is 2.30. The van der Waals surface area contributed by atoms with Gasteiger partial charge in [-0.2, -0.15) is 0 Å². The quantitative estimate of drug-likeness (QED) is 0.748. The molecule has 5 heteroatoms. The first kappa shape index (κ1) is 12.9. The van der Waals surface area contributed by atoms with E-state index in [2.05, 4.69) is 4.98 Å². The molecule has 0 aliphatic heterocycles. The minimum atomic E-state index is -0.304. The smallest absolute Gasteiger partial charge is 0.128 e. The number of anilines is 1. The highest BCUT2D eigenvalue weighted by Crippen LogP contribution is 2.11. The van der Waals surface area contributed by atoms with E-state index in [9.17, 15) is 5.11 Å². The van der Waals surface area contributed by atoms with Gasteiger partial charge in [-0.05, 0) is 25.5 Å². The molecule has 0 amide bonds. The molecule has 0 aromatic carbocycles. The molecule has 88 valence electrons. The Balaban J connectivity index is 2.71. The number of thiocarbonyl (C=S) groups is 1. The molecule has 0 bridgehead atoms. The van der Waals surface area contributed by atoms with Crippen molar-refractivity contribution < 1.29 is 5.11 Å². The first-order valence-electron chi connectivity index (χ1n) is 5.15. The number of hydrogen-bond donors (Lipinski definition) is 2. The molecule has 1 unspecified atom stereocenters. The molecule has 0 saturated carbocycles. The van der Waals surface area contributed by atoms with Crippen molar-refractivity contribution in [1.29, 1.82) is 0 Å². The monoisotopic (exact) mass is 239 g/mol. The lowest BCUT2D eigenvalue weighted by Crippen LogP contribution is -2.23. The fourth-order valence-corrected chi connectivity index (χ4v) is 1.40. The SMILES string of the molecule is CC(O)CCN(C)c1cc(C(N)=S)ccn1. The van der Waals surface area contributed by atoms with Gasteiger partial charge in [0.1, 0.15) is 10.8 Å². The van der Waals surface area contributed by atoms with Crippen LogP contribution in [0.2, 0.25) is 0 Å². The molecule has 1 atom stereocenters. The number of hydrogen-bond acceptors (Lipinski definition) is 4. The lowest BCUT2D eigenvalue weighted by Gasteiger charge is -2.19. The molecule has 0 spiro atoms. The first-order chi connectivity index (χ1) is 7.50. The summed E-state index contributed by atoms with van der Waals surface area (Å²) in [6.45, 7) is 2.51. The maximum absolute atomic E-state index is 9.20. The van der Waals surface area contributed by atoms with Crippen LogP contribution in [0.1, 0.15) is 18.9 Å². The van der Waals surface area contributed by atoms with Crippen molar-refractivity contribution in [1.82, 2.24) is 4.98 Å². The van der Waals surface area contributed by atoms with Crippen LogP contribution in [-0.2, 0) is 0 Å². The van der Waals surface area contributed by atoms with E-state index in [1.54, 1.807) is 19.2 Å². The van der Waals surface area contributed by atoms with E-state index < -0.39 is 0 Å². The summed E-state index contributed by atoms with van der Waals surface area (Å²) in [5.41, 5.74) is 6.36. The molecule has 0 saturated heterocycles. The molecule has 1 rings (SSSR count). The van der Waals surface area contributed by atoms with Crippen LogP contribution in [0.15, 0.2) is 18.3 Å². The second-order valence-electron chi connectivity index (χ2n) is 3.83. The Morgan fingerprint density at radius 1 is 1.69 bits per heavy atom. The molecule has 3 N–H and O–H groups in total. The van der Waals surface area contributed by atoms with Gasteiger partial charge in [0.15, 0.2) is 0 Å². The molecule has 16 heavy (non-hydrogen) atoms. The van der Waals surface area contributed by atoms with Gasteiger partial charge in [0.2, 0.25) is 0 Å². The lowest BCUT2D eigenvalue weighted by atomic mass is 10.2. The van der Waals surface area contributed by atoms with Crippen molar-refractivity contribution in [2.45, 2.75) is 19.4 Å². The molecule has 1 aromatic rings. The van der Waals surface area contributed by atoms with Gasteiger partial charge < -0.3 is 15.7 Å². The molecule has 1 aromatic heterocycles. The Morgan fingerprint density at radius 3 is 2.94 bits per heavy atom. The summed E-state index contributed by atoms with van der Waals surface area (Å²) in [6.07, 6.45) is 2.08. The van der Waals surface area contributed by atoms with Crippen molar-refractivity contribution >= 4 is 23.0 Å². The Kier molecular flexibility index (Phi) is 4.64. The maximum Gasteiger partial charge on any atom is 0.128 e. The fraction of sp³-hybridized carbons (Fsp3) is 0.455. The molecule has 0 aliphatic rings. The highest BCUT2D eigenvalue weighted by Gasteiger charge is 2.06. The summed E-state index contributed by atoms with van der Waals surface area (Å²) in [6, 6.07) is 3.64. The highest BCUT2D eigenvalue weighted by molar-refractivity contribution is 7.80. The van der Waals surface area contributed by atoms with Crippen molar-refractivity contribution in [3.8, 4) is 0 Å². The van der Waals surface area contributed by atoms with Gasteiger partial charge in [-0.3, -0.25) is 0 Å². The van der Waals surface area contributed by atoms with Crippen molar-refractivity contribution in [2.75, 3.05) is 18.5 Å². The molecule has 4 nitrogen and oxygen atoms in total. The average Bonchev–Trinajstić information content (AvgIpc) is 2.26. The second kappa shape index (κ2) is 5.77. The topological polar surface area (TPSA) is 62.4 Å². The second-order valence-corrected chi connectivity index (χ2v) is 4.27. The predicted molar refractivity (Wildman–Crippen MR) is 69.7 cm³/mol. The van der Waals surface area contributed by atoms with E-state index in [0.29, 0.717) is 11.4 Å². The minimum Gasteiger partial charge on any atom is -0.393 e. The summed E-state index contributed by atoms with van der Waals surface area (Å²) in [5, 5.41) is 9.20. The standard InChI is InChI=1S/C11H17N3OS/c1-8(15)4-6-14(2)10-7-9(11(12)16)3-5-13-10/h3,5,7-8,15H,4,6H2,1-2H3,(H2,12,16). The van der Waals surface area contributed by atoms with Crippen LogP contribution < -0.4 is 10.6 Å². The maximum atomic E-state index is 9.20. The minimum absolute atomic E-state index is 0.304. The number of aliphatic hydroxyl groups is 1. The number of nitrogens with zero attached hydrogens (tertiary/aromatic N) is 2. The third-order valence-corrected chi connectivity index (χ3v) is 2.54. The van der Waals surface area contributed by atoms with Gasteiger partial charge in [0.05, 0.1) is 6.10 Å². The fourth-order valence-electron chi connectivity index (χ4n) is 1.28. The van der Waals surface area contributed by atoms with Crippen molar-refractivity contribution in [2.24, 2.45) is 5.73 Å². The van der Waals surface area contributed by atoms with Crippen LogP contribution in [0.3, 0.4) is 0 Å².